The third-order valence-corrected chi connectivity index (χ3v) is 2.90. The van der Waals surface area contributed by atoms with Crippen LogP contribution in [0.2, 0.25) is 0 Å². The van der Waals surface area contributed by atoms with Gasteiger partial charge in [0.25, 0.3) is 0 Å². The monoisotopic (exact) mass is 300 g/mol. The fourth-order valence-corrected chi connectivity index (χ4v) is 1.81. The number of anilines is 1. The second-order valence-electron chi connectivity index (χ2n) is 4.60. The minimum atomic E-state index is -0.283. The summed E-state index contributed by atoms with van der Waals surface area (Å²) in [5.41, 5.74) is 1.10. The molecule has 0 saturated carbocycles. The molecule has 6 heteroatoms. The first-order valence-electron chi connectivity index (χ1n) is 7.07. The molecule has 0 bridgehead atoms. The Hall–Kier alpha value is -2.60. The molecule has 0 aliphatic heterocycles. The molecule has 1 heterocycles. The number of nitrogens with zero attached hydrogens (tertiary/aromatic N) is 2. The number of benzene rings is 1. The quantitative estimate of drug-likeness (QED) is 0.825. The summed E-state index contributed by atoms with van der Waals surface area (Å²) in [6.07, 6.45) is 5.65. The Bertz CT molecular complexity index is 608. The molecule has 2 N–H and O–H groups in total. The van der Waals surface area contributed by atoms with Crippen molar-refractivity contribution in [1.82, 2.24) is 15.1 Å². The lowest BCUT2D eigenvalue weighted by molar-refractivity contribution is 0.183. The third kappa shape index (κ3) is 5.41. The summed E-state index contributed by atoms with van der Waals surface area (Å²) in [4.78, 5) is 11.7. The molecule has 1 aromatic carbocycles. The number of carbonyl (C=O) groups is 1. The maximum absolute atomic E-state index is 11.7. The SMILES string of the molecule is COCCn1ccc(NC(=O)NCC=Cc2ccccc2)n1. The van der Waals surface area contributed by atoms with E-state index < -0.39 is 0 Å². The first kappa shape index (κ1) is 15.8. The van der Waals surface area contributed by atoms with Gasteiger partial charge in [-0.1, -0.05) is 42.5 Å². The minimum absolute atomic E-state index is 0.283. The average Bonchev–Trinajstić information content (AvgIpc) is 2.98. The standard InChI is InChI=1S/C16H20N4O2/c1-22-13-12-20-11-9-15(19-20)18-16(21)17-10-5-8-14-6-3-2-4-7-14/h2-9,11H,10,12-13H2,1H3,(H2,17,18,19,21). The molecule has 0 radical (unpaired) electrons. The molecule has 1 aromatic heterocycles. The van der Waals surface area contributed by atoms with E-state index in [2.05, 4.69) is 15.7 Å². The molecule has 116 valence electrons. The van der Waals surface area contributed by atoms with Gasteiger partial charge in [0.1, 0.15) is 0 Å². The second kappa shape index (κ2) is 8.63. The number of ether oxygens (including phenoxy) is 1. The van der Waals surface area contributed by atoms with Crippen molar-refractivity contribution in [3.05, 3.63) is 54.2 Å². The van der Waals surface area contributed by atoms with Gasteiger partial charge in [-0.2, -0.15) is 5.10 Å². The third-order valence-electron chi connectivity index (χ3n) is 2.90. The van der Waals surface area contributed by atoms with Crippen molar-refractivity contribution in [3.8, 4) is 0 Å². The zero-order chi connectivity index (χ0) is 15.6. The van der Waals surface area contributed by atoms with Crippen LogP contribution in [0.15, 0.2) is 48.7 Å². The Morgan fingerprint density at radius 2 is 2.14 bits per heavy atom. The molecule has 0 fully saturated rings. The largest absolute Gasteiger partial charge is 0.383 e. The van der Waals surface area contributed by atoms with E-state index >= 15 is 0 Å². The van der Waals surface area contributed by atoms with Gasteiger partial charge in [0.05, 0.1) is 13.2 Å². The number of hydrogen-bond donors (Lipinski definition) is 2. The van der Waals surface area contributed by atoms with Crippen molar-refractivity contribution in [2.75, 3.05) is 25.6 Å². The maximum Gasteiger partial charge on any atom is 0.320 e. The second-order valence-corrected chi connectivity index (χ2v) is 4.60. The van der Waals surface area contributed by atoms with E-state index in [0.29, 0.717) is 25.5 Å². The molecule has 0 aliphatic rings. The summed E-state index contributed by atoms with van der Waals surface area (Å²) < 4.78 is 6.69. The van der Waals surface area contributed by atoms with Crippen molar-refractivity contribution in [2.24, 2.45) is 0 Å². The first-order valence-corrected chi connectivity index (χ1v) is 7.07. The van der Waals surface area contributed by atoms with Crippen LogP contribution in [0.3, 0.4) is 0 Å². The molecule has 2 rings (SSSR count). The Kier molecular flexibility index (Phi) is 6.19. The minimum Gasteiger partial charge on any atom is -0.383 e. The Morgan fingerprint density at radius 1 is 1.32 bits per heavy atom. The Balaban J connectivity index is 1.71. The molecule has 0 spiro atoms. The molecular formula is C16H20N4O2. The van der Waals surface area contributed by atoms with Gasteiger partial charge in [0.15, 0.2) is 5.82 Å². The predicted molar refractivity (Wildman–Crippen MR) is 86.6 cm³/mol. The fraction of sp³-hybridized carbons (Fsp3) is 0.250. The zero-order valence-electron chi connectivity index (χ0n) is 12.5. The van der Waals surface area contributed by atoms with Gasteiger partial charge >= 0.3 is 6.03 Å². The van der Waals surface area contributed by atoms with Crippen molar-refractivity contribution in [3.63, 3.8) is 0 Å². The van der Waals surface area contributed by atoms with Crippen molar-refractivity contribution >= 4 is 17.9 Å². The van der Waals surface area contributed by atoms with Crippen molar-refractivity contribution in [1.29, 1.82) is 0 Å². The number of methoxy groups -OCH3 is 1. The maximum atomic E-state index is 11.7. The van der Waals surface area contributed by atoms with Crippen LogP contribution in [-0.2, 0) is 11.3 Å². The normalized spacial score (nSPS) is 10.8. The van der Waals surface area contributed by atoms with Crippen LogP contribution < -0.4 is 10.6 Å². The fourth-order valence-electron chi connectivity index (χ4n) is 1.81. The van der Waals surface area contributed by atoms with Gasteiger partial charge in [-0.05, 0) is 5.56 Å². The van der Waals surface area contributed by atoms with Gasteiger partial charge in [-0.3, -0.25) is 10.00 Å². The van der Waals surface area contributed by atoms with E-state index in [9.17, 15) is 4.79 Å². The Morgan fingerprint density at radius 3 is 2.91 bits per heavy atom. The van der Waals surface area contributed by atoms with Crippen LogP contribution >= 0.6 is 0 Å². The van der Waals surface area contributed by atoms with Crippen LogP contribution in [0, 0.1) is 0 Å². The average molecular weight is 300 g/mol. The van der Waals surface area contributed by atoms with E-state index in [1.807, 2.05) is 42.5 Å². The summed E-state index contributed by atoms with van der Waals surface area (Å²) in [6.45, 7) is 1.68. The van der Waals surface area contributed by atoms with E-state index in [0.717, 1.165) is 5.56 Å². The van der Waals surface area contributed by atoms with Crippen LogP contribution in [0.4, 0.5) is 10.6 Å². The van der Waals surface area contributed by atoms with Crippen LogP contribution in [-0.4, -0.2) is 36.1 Å². The lowest BCUT2D eigenvalue weighted by Gasteiger charge is -2.03. The lowest BCUT2D eigenvalue weighted by Crippen LogP contribution is -2.28. The van der Waals surface area contributed by atoms with Crippen LogP contribution in [0.25, 0.3) is 6.08 Å². The number of hydrogen-bond acceptors (Lipinski definition) is 3. The topological polar surface area (TPSA) is 68.2 Å². The Labute approximate surface area is 129 Å². The number of aromatic nitrogens is 2. The molecule has 0 aliphatic carbocycles. The highest BCUT2D eigenvalue weighted by Gasteiger charge is 2.03. The van der Waals surface area contributed by atoms with Crippen LogP contribution in [0.1, 0.15) is 5.56 Å². The summed E-state index contributed by atoms with van der Waals surface area (Å²) >= 11 is 0. The summed E-state index contributed by atoms with van der Waals surface area (Å²) in [7, 11) is 1.64. The molecule has 0 atom stereocenters. The highest BCUT2D eigenvalue weighted by molar-refractivity contribution is 5.88. The molecule has 0 saturated heterocycles. The van der Waals surface area contributed by atoms with Gasteiger partial charge in [-0.25, -0.2) is 4.79 Å². The number of nitrogens with one attached hydrogen (secondary N) is 2. The number of urea groups is 1. The van der Waals surface area contributed by atoms with Gasteiger partial charge < -0.3 is 10.1 Å². The molecule has 6 nitrogen and oxygen atoms in total. The number of rotatable bonds is 7. The molecule has 2 aromatic rings. The smallest absolute Gasteiger partial charge is 0.320 e. The van der Waals surface area contributed by atoms with Crippen molar-refractivity contribution < 1.29 is 9.53 Å². The van der Waals surface area contributed by atoms with E-state index in [4.69, 9.17) is 4.74 Å². The van der Waals surface area contributed by atoms with E-state index in [1.165, 1.54) is 0 Å². The number of carbonyl (C=O) groups excluding carboxylic acids is 1. The number of amides is 2. The lowest BCUT2D eigenvalue weighted by atomic mass is 10.2. The highest BCUT2D eigenvalue weighted by Crippen LogP contribution is 2.02. The molecular weight excluding hydrogens is 280 g/mol. The van der Waals surface area contributed by atoms with E-state index in [1.54, 1.807) is 24.1 Å². The van der Waals surface area contributed by atoms with Gasteiger partial charge in [0.2, 0.25) is 0 Å². The van der Waals surface area contributed by atoms with Gasteiger partial charge in [-0.15, -0.1) is 0 Å². The molecule has 0 unspecified atom stereocenters. The molecule has 2 amide bonds. The van der Waals surface area contributed by atoms with Gasteiger partial charge in [0, 0.05) is 25.9 Å². The van der Waals surface area contributed by atoms with E-state index in [-0.39, 0.29) is 6.03 Å². The predicted octanol–water partition coefficient (Wildman–Crippen LogP) is 2.36. The van der Waals surface area contributed by atoms with Crippen molar-refractivity contribution in [2.45, 2.75) is 6.54 Å². The zero-order valence-corrected chi connectivity index (χ0v) is 12.5. The molecule has 22 heavy (non-hydrogen) atoms. The van der Waals surface area contributed by atoms with Crippen LogP contribution in [0.5, 0.6) is 0 Å². The highest BCUT2D eigenvalue weighted by atomic mass is 16.5. The summed E-state index contributed by atoms with van der Waals surface area (Å²) in [6, 6.07) is 11.4. The first-order chi connectivity index (χ1) is 10.8. The summed E-state index contributed by atoms with van der Waals surface area (Å²) in [5, 5.41) is 9.63. The summed E-state index contributed by atoms with van der Waals surface area (Å²) in [5.74, 6) is 0.514.